The fourth-order valence-corrected chi connectivity index (χ4v) is 11.7. The molecule has 2 aliphatic heterocycles. The largest absolute Gasteiger partial charge is 0.182 e. The lowest BCUT2D eigenvalue weighted by Gasteiger charge is -2.28. The lowest BCUT2D eigenvalue weighted by atomic mass is 10.0. The SMILES string of the molecule is c1ccc2c(c1)-c1ccccc1[Si]21c2ccccc2-c2ccc3ccccc3c21. The molecular formula is C28H18Si. The molecule has 2 aliphatic rings. The molecule has 29 heavy (non-hydrogen) atoms. The molecule has 0 fully saturated rings. The third-order valence-electron chi connectivity index (χ3n) is 6.88. The second-order valence-corrected chi connectivity index (χ2v) is 11.7. The van der Waals surface area contributed by atoms with E-state index in [-0.39, 0.29) is 0 Å². The Morgan fingerprint density at radius 1 is 0.379 bits per heavy atom. The van der Waals surface area contributed by atoms with E-state index in [1.807, 2.05) is 0 Å². The minimum absolute atomic E-state index is 1.34. The van der Waals surface area contributed by atoms with Crippen LogP contribution in [0.4, 0.5) is 0 Å². The fourth-order valence-electron chi connectivity index (χ4n) is 5.87. The molecule has 2 heterocycles. The molecule has 0 nitrogen and oxygen atoms in total. The van der Waals surface area contributed by atoms with Crippen LogP contribution in [0.25, 0.3) is 33.0 Å². The van der Waals surface area contributed by atoms with Crippen molar-refractivity contribution < 1.29 is 0 Å². The molecule has 5 aromatic rings. The van der Waals surface area contributed by atoms with E-state index >= 15 is 0 Å². The van der Waals surface area contributed by atoms with E-state index < -0.39 is 8.07 Å². The molecule has 0 bridgehead atoms. The van der Waals surface area contributed by atoms with Crippen molar-refractivity contribution >= 4 is 39.6 Å². The van der Waals surface area contributed by atoms with Crippen LogP contribution in [-0.4, -0.2) is 8.07 Å². The first-order valence-electron chi connectivity index (χ1n) is 10.2. The average molecular weight is 383 g/mol. The number of rotatable bonds is 0. The fraction of sp³-hybridized carbons (Fsp3) is 0. The summed E-state index contributed by atoms with van der Waals surface area (Å²) in [6.45, 7) is 0. The molecule has 5 aromatic carbocycles. The van der Waals surface area contributed by atoms with Gasteiger partial charge in [-0.15, -0.1) is 0 Å². The molecule has 0 radical (unpaired) electrons. The van der Waals surface area contributed by atoms with Gasteiger partial charge in [0.2, 0.25) is 0 Å². The molecule has 0 amide bonds. The summed E-state index contributed by atoms with van der Waals surface area (Å²) in [5, 5.41) is 8.97. The van der Waals surface area contributed by atoms with E-state index in [4.69, 9.17) is 0 Å². The molecule has 0 saturated heterocycles. The van der Waals surface area contributed by atoms with Gasteiger partial charge in [0.1, 0.15) is 0 Å². The van der Waals surface area contributed by atoms with Crippen LogP contribution in [0.2, 0.25) is 0 Å². The second kappa shape index (κ2) is 5.34. The molecule has 0 aliphatic carbocycles. The highest BCUT2D eigenvalue weighted by molar-refractivity contribution is 7.25. The molecule has 134 valence electrons. The summed E-state index contributed by atoms with van der Waals surface area (Å²) in [5.41, 5.74) is 5.69. The normalized spacial score (nSPS) is 14.5. The number of fused-ring (bicyclic) bond motifs is 12. The Labute approximate surface area is 171 Å². The monoisotopic (exact) mass is 382 g/mol. The molecule has 1 heteroatoms. The van der Waals surface area contributed by atoms with Crippen LogP contribution >= 0.6 is 0 Å². The van der Waals surface area contributed by atoms with Gasteiger partial charge in [0.15, 0.2) is 8.07 Å². The van der Waals surface area contributed by atoms with Crippen LogP contribution < -0.4 is 20.7 Å². The Hall–Kier alpha value is -3.42. The standard InChI is InChI=1S/C28H18Si/c1-2-10-20-19(9-1)17-18-24-23-13-5-8-16-27(23)29(28(20)24)25-14-6-3-11-21(25)22-12-4-7-15-26(22)29/h1-18H. The second-order valence-electron chi connectivity index (χ2n) is 8.10. The molecule has 0 saturated carbocycles. The maximum atomic E-state index is 2.40. The first-order chi connectivity index (χ1) is 14.4. The van der Waals surface area contributed by atoms with Crippen molar-refractivity contribution in [2.45, 2.75) is 0 Å². The van der Waals surface area contributed by atoms with E-state index in [0.717, 1.165) is 0 Å². The van der Waals surface area contributed by atoms with Crippen LogP contribution in [0.15, 0.2) is 109 Å². The Morgan fingerprint density at radius 2 is 0.862 bits per heavy atom. The smallest absolute Gasteiger partial charge is 0.0623 e. The van der Waals surface area contributed by atoms with E-state index in [0.29, 0.717) is 0 Å². The molecule has 0 aromatic heterocycles. The van der Waals surface area contributed by atoms with Crippen molar-refractivity contribution in [3.8, 4) is 22.3 Å². The minimum Gasteiger partial charge on any atom is -0.0623 e. The third kappa shape index (κ3) is 1.71. The number of benzene rings is 5. The third-order valence-corrected chi connectivity index (χ3v) is 11.9. The summed E-state index contributed by atoms with van der Waals surface area (Å²) in [5.74, 6) is 0. The van der Waals surface area contributed by atoms with Gasteiger partial charge in [-0.1, -0.05) is 109 Å². The maximum Gasteiger partial charge on any atom is 0.182 e. The van der Waals surface area contributed by atoms with Gasteiger partial charge >= 0.3 is 0 Å². The summed E-state index contributed by atoms with van der Waals surface area (Å²) in [6.07, 6.45) is 0. The van der Waals surface area contributed by atoms with Gasteiger partial charge in [-0.2, -0.15) is 0 Å². The van der Waals surface area contributed by atoms with Gasteiger partial charge in [0, 0.05) is 0 Å². The zero-order valence-corrected chi connectivity index (χ0v) is 16.9. The average Bonchev–Trinajstić information content (AvgIpc) is 3.27. The maximum absolute atomic E-state index is 2.40. The topological polar surface area (TPSA) is 0 Å². The van der Waals surface area contributed by atoms with E-state index in [1.165, 1.54) is 33.0 Å². The highest BCUT2D eigenvalue weighted by Gasteiger charge is 2.54. The van der Waals surface area contributed by atoms with Crippen molar-refractivity contribution in [3.05, 3.63) is 109 Å². The first-order valence-corrected chi connectivity index (χ1v) is 12.2. The minimum atomic E-state index is -2.32. The van der Waals surface area contributed by atoms with E-state index in [9.17, 15) is 0 Å². The van der Waals surface area contributed by atoms with E-state index in [2.05, 4.69) is 109 Å². The molecule has 0 N–H and O–H groups in total. The van der Waals surface area contributed by atoms with Crippen molar-refractivity contribution in [1.82, 2.24) is 0 Å². The van der Waals surface area contributed by atoms with Gasteiger partial charge in [-0.3, -0.25) is 0 Å². The summed E-state index contributed by atoms with van der Waals surface area (Å²) in [4.78, 5) is 0. The lowest BCUT2D eigenvalue weighted by molar-refractivity contribution is 1.71. The molecule has 7 rings (SSSR count). The van der Waals surface area contributed by atoms with Crippen molar-refractivity contribution in [2.24, 2.45) is 0 Å². The van der Waals surface area contributed by atoms with Crippen LogP contribution in [0.3, 0.4) is 0 Å². The van der Waals surface area contributed by atoms with Crippen LogP contribution in [-0.2, 0) is 0 Å². The Morgan fingerprint density at radius 3 is 1.48 bits per heavy atom. The van der Waals surface area contributed by atoms with Crippen molar-refractivity contribution in [1.29, 1.82) is 0 Å². The molecule has 0 atom stereocenters. The highest BCUT2D eigenvalue weighted by atomic mass is 28.3. The summed E-state index contributed by atoms with van der Waals surface area (Å²) < 4.78 is 0. The van der Waals surface area contributed by atoms with Gasteiger partial charge in [-0.05, 0) is 53.8 Å². The Bertz CT molecular complexity index is 1400. The highest BCUT2D eigenvalue weighted by Crippen LogP contribution is 2.37. The van der Waals surface area contributed by atoms with Gasteiger partial charge in [-0.25, -0.2) is 0 Å². The Kier molecular flexibility index (Phi) is 2.85. The van der Waals surface area contributed by atoms with Crippen LogP contribution in [0.5, 0.6) is 0 Å². The zero-order chi connectivity index (χ0) is 19.0. The van der Waals surface area contributed by atoms with E-state index in [1.54, 1.807) is 20.7 Å². The predicted molar refractivity (Wildman–Crippen MR) is 126 cm³/mol. The van der Waals surface area contributed by atoms with Crippen molar-refractivity contribution in [2.75, 3.05) is 0 Å². The van der Waals surface area contributed by atoms with Crippen molar-refractivity contribution in [3.63, 3.8) is 0 Å². The number of hydrogen-bond acceptors (Lipinski definition) is 0. The van der Waals surface area contributed by atoms with Crippen LogP contribution in [0, 0.1) is 0 Å². The Balaban J connectivity index is 1.79. The zero-order valence-electron chi connectivity index (χ0n) is 15.9. The van der Waals surface area contributed by atoms with Gasteiger partial charge < -0.3 is 0 Å². The van der Waals surface area contributed by atoms with Gasteiger partial charge in [0.25, 0.3) is 0 Å². The first kappa shape index (κ1) is 15.5. The molecule has 0 unspecified atom stereocenters. The quantitative estimate of drug-likeness (QED) is 0.345. The summed E-state index contributed by atoms with van der Waals surface area (Å²) in [6, 6.07) is 41.0. The lowest BCUT2D eigenvalue weighted by Crippen LogP contribution is -2.70. The van der Waals surface area contributed by atoms with Crippen LogP contribution in [0.1, 0.15) is 0 Å². The molecule has 1 spiro atoms. The molecular weight excluding hydrogens is 364 g/mol. The predicted octanol–water partition coefficient (Wildman–Crippen LogP) is 4.18. The summed E-state index contributed by atoms with van der Waals surface area (Å²) >= 11 is 0. The summed E-state index contributed by atoms with van der Waals surface area (Å²) in [7, 11) is -2.32. The number of hydrogen-bond donors (Lipinski definition) is 0. The van der Waals surface area contributed by atoms with Gasteiger partial charge in [0.05, 0.1) is 0 Å².